The van der Waals surface area contributed by atoms with E-state index < -0.39 is 6.23 Å². The van der Waals surface area contributed by atoms with Crippen LogP contribution in [0.3, 0.4) is 0 Å². The van der Waals surface area contributed by atoms with Crippen LogP contribution in [0.15, 0.2) is 34.1 Å². The third-order valence-electron chi connectivity index (χ3n) is 2.55. The first-order valence-electron chi connectivity index (χ1n) is 5.61. The fourth-order valence-corrected chi connectivity index (χ4v) is 1.78. The Morgan fingerprint density at radius 1 is 1.56 bits per heavy atom. The van der Waals surface area contributed by atoms with Gasteiger partial charge in [0.15, 0.2) is 12.0 Å². The van der Waals surface area contributed by atoms with E-state index in [1.807, 2.05) is 0 Å². The largest absolute Gasteiger partial charge is 0.461 e. The maximum atomic E-state index is 12.2. The van der Waals surface area contributed by atoms with Gasteiger partial charge in [0.05, 0.1) is 11.8 Å². The van der Waals surface area contributed by atoms with E-state index in [0.717, 1.165) is 0 Å². The van der Waals surface area contributed by atoms with Gasteiger partial charge in [-0.1, -0.05) is 0 Å². The highest BCUT2D eigenvalue weighted by Crippen LogP contribution is 2.19. The van der Waals surface area contributed by atoms with Gasteiger partial charge in [-0.25, -0.2) is 4.79 Å². The molecule has 0 radical (unpaired) electrons. The Morgan fingerprint density at radius 3 is 2.94 bits per heavy atom. The van der Waals surface area contributed by atoms with E-state index in [4.69, 9.17) is 9.15 Å². The molecule has 1 atom stereocenters. The average molecular weight is 250 g/mol. The van der Waals surface area contributed by atoms with Gasteiger partial charge in [0.1, 0.15) is 0 Å². The number of hydrogen-bond donors (Lipinski definition) is 2. The molecule has 0 saturated carbocycles. The van der Waals surface area contributed by atoms with Crippen LogP contribution >= 0.6 is 0 Å². The molecule has 0 aromatic carbocycles. The first-order chi connectivity index (χ1) is 8.63. The van der Waals surface area contributed by atoms with Gasteiger partial charge >= 0.3 is 6.03 Å². The molecule has 0 spiro atoms. The molecule has 0 saturated heterocycles. The van der Waals surface area contributed by atoms with Crippen LogP contribution in [0, 0.1) is 0 Å². The lowest BCUT2D eigenvalue weighted by atomic mass is 10.0. The van der Waals surface area contributed by atoms with Crippen molar-refractivity contribution in [3.8, 4) is 0 Å². The molecule has 2 rings (SSSR count). The molecule has 1 aromatic rings. The smallest absolute Gasteiger partial charge is 0.321 e. The predicted molar refractivity (Wildman–Crippen MR) is 62.8 cm³/mol. The Hall–Kier alpha value is -2.08. The van der Waals surface area contributed by atoms with Crippen molar-refractivity contribution in [1.29, 1.82) is 0 Å². The molecular weight excluding hydrogens is 236 g/mol. The molecular formula is C12H14N2O4. The first-order valence-corrected chi connectivity index (χ1v) is 5.61. The van der Waals surface area contributed by atoms with Gasteiger partial charge in [0.25, 0.3) is 0 Å². The number of ether oxygens (including phenoxy) is 1. The summed E-state index contributed by atoms with van der Waals surface area (Å²) in [5.41, 5.74) is 0.824. The van der Waals surface area contributed by atoms with Crippen molar-refractivity contribution in [2.45, 2.75) is 20.1 Å². The fraction of sp³-hybridized carbons (Fsp3) is 0.333. The van der Waals surface area contributed by atoms with Gasteiger partial charge < -0.3 is 19.8 Å². The number of Topliss-reactive ketones (excluding diaryl/α,β-unsaturated/α-hetero) is 1. The second-order valence-electron chi connectivity index (χ2n) is 3.78. The minimum Gasteiger partial charge on any atom is -0.461 e. The molecule has 2 amide bonds. The molecule has 2 heterocycles. The van der Waals surface area contributed by atoms with Crippen LogP contribution in [0.2, 0.25) is 0 Å². The highest BCUT2D eigenvalue weighted by atomic mass is 16.5. The summed E-state index contributed by atoms with van der Waals surface area (Å²) in [5.74, 6) is -0.0875. The maximum Gasteiger partial charge on any atom is 0.321 e. The Kier molecular flexibility index (Phi) is 3.47. The van der Waals surface area contributed by atoms with E-state index in [1.165, 1.54) is 6.26 Å². The third kappa shape index (κ3) is 2.28. The Morgan fingerprint density at radius 2 is 2.33 bits per heavy atom. The van der Waals surface area contributed by atoms with E-state index >= 15 is 0 Å². The summed E-state index contributed by atoms with van der Waals surface area (Å²) < 4.78 is 10.4. The van der Waals surface area contributed by atoms with Crippen LogP contribution in [-0.4, -0.2) is 24.6 Å². The number of nitrogens with one attached hydrogen (secondary N) is 2. The van der Waals surface area contributed by atoms with Crippen molar-refractivity contribution >= 4 is 11.8 Å². The number of carbonyl (C=O) groups is 2. The molecule has 18 heavy (non-hydrogen) atoms. The molecule has 6 nitrogen and oxygen atoms in total. The van der Waals surface area contributed by atoms with Crippen molar-refractivity contribution in [1.82, 2.24) is 10.6 Å². The number of hydrogen-bond acceptors (Lipinski definition) is 4. The highest BCUT2D eigenvalue weighted by Gasteiger charge is 2.31. The zero-order chi connectivity index (χ0) is 13.1. The van der Waals surface area contributed by atoms with Crippen LogP contribution < -0.4 is 10.6 Å². The molecule has 1 aromatic heterocycles. The lowest BCUT2D eigenvalue weighted by Crippen LogP contribution is -2.50. The van der Waals surface area contributed by atoms with Crippen LogP contribution in [0.4, 0.5) is 4.79 Å². The molecule has 96 valence electrons. The van der Waals surface area contributed by atoms with Gasteiger partial charge in [-0.3, -0.25) is 4.79 Å². The molecule has 1 aliphatic heterocycles. The van der Waals surface area contributed by atoms with Gasteiger partial charge in [0, 0.05) is 12.3 Å². The summed E-state index contributed by atoms with van der Waals surface area (Å²) in [6.45, 7) is 3.83. The van der Waals surface area contributed by atoms with Crippen LogP contribution in [0.25, 0.3) is 0 Å². The number of amides is 2. The SMILES string of the molecule is CCOC1NC(=O)NC(C)=C1C(=O)c1ccco1. The minimum absolute atomic E-state index is 0.215. The quantitative estimate of drug-likeness (QED) is 0.792. The van der Waals surface area contributed by atoms with E-state index in [-0.39, 0.29) is 17.6 Å². The number of allylic oxidation sites excluding steroid dienone is 1. The Labute approximate surface area is 104 Å². The number of rotatable bonds is 4. The standard InChI is InChI=1S/C12H14N2O4/c1-3-17-11-9(7(2)13-12(16)14-11)10(15)8-5-4-6-18-8/h4-6,11H,3H2,1-2H3,(H2,13,14,16). The number of furan rings is 1. The summed E-state index contributed by atoms with van der Waals surface area (Å²) in [6, 6.07) is 2.82. The monoisotopic (exact) mass is 250 g/mol. The second-order valence-corrected chi connectivity index (χ2v) is 3.78. The highest BCUT2D eigenvalue weighted by molar-refractivity contribution is 6.09. The third-order valence-corrected chi connectivity index (χ3v) is 2.55. The van der Waals surface area contributed by atoms with Crippen molar-refractivity contribution in [3.63, 3.8) is 0 Å². The molecule has 1 aliphatic rings. The van der Waals surface area contributed by atoms with Crippen LogP contribution in [0.5, 0.6) is 0 Å². The van der Waals surface area contributed by atoms with E-state index in [0.29, 0.717) is 17.9 Å². The Bertz CT molecular complexity index is 490. The van der Waals surface area contributed by atoms with E-state index in [1.54, 1.807) is 26.0 Å². The zero-order valence-electron chi connectivity index (χ0n) is 10.1. The van der Waals surface area contributed by atoms with E-state index in [2.05, 4.69) is 10.6 Å². The fourth-order valence-electron chi connectivity index (χ4n) is 1.78. The molecule has 0 fully saturated rings. The van der Waals surface area contributed by atoms with Crippen molar-refractivity contribution in [2.75, 3.05) is 6.61 Å². The van der Waals surface area contributed by atoms with Crippen LogP contribution in [0.1, 0.15) is 24.4 Å². The summed E-state index contributed by atoms with van der Waals surface area (Å²) in [6.07, 6.45) is 0.676. The van der Waals surface area contributed by atoms with Crippen molar-refractivity contribution in [3.05, 3.63) is 35.4 Å². The predicted octanol–water partition coefficient (Wildman–Crippen LogP) is 1.41. The summed E-state index contributed by atoms with van der Waals surface area (Å²) in [5, 5.41) is 5.10. The molecule has 1 unspecified atom stereocenters. The Balaban J connectivity index is 2.34. The van der Waals surface area contributed by atoms with Gasteiger partial charge in [-0.2, -0.15) is 0 Å². The summed E-state index contributed by atoms with van der Waals surface area (Å²) in [4.78, 5) is 23.6. The van der Waals surface area contributed by atoms with Gasteiger partial charge in [-0.15, -0.1) is 0 Å². The van der Waals surface area contributed by atoms with Gasteiger partial charge in [0.2, 0.25) is 5.78 Å². The topological polar surface area (TPSA) is 80.6 Å². The number of urea groups is 1. The molecule has 6 heteroatoms. The van der Waals surface area contributed by atoms with Crippen LogP contribution in [-0.2, 0) is 4.74 Å². The average Bonchev–Trinajstić information content (AvgIpc) is 2.81. The second kappa shape index (κ2) is 5.05. The summed E-state index contributed by atoms with van der Waals surface area (Å²) >= 11 is 0. The molecule has 0 aliphatic carbocycles. The zero-order valence-corrected chi connectivity index (χ0v) is 10.1. The molecule has 0 bridgehead atoms. The van der Waals surface area contributed by atoms with Crippen molar-refractivity contribution in [2.24, 2.45) is 0 Å². The lowest BCUT2D eigenvalue weighted by Gasteiger charge is -2.27. The normalized spacial score (nSPS) is 19.4. The molecule has 2 N–H and O–H groups in total. The minimum atomic E-state index is -0.749. The number of carbonyl (C=O) groups excluding carboxylic acids is 2. The van der Waals surface area contributed by atoms with E-state index in [9.17, 15) is 9.59 Å². The van der Waals surface area contributed by atoms with Crippen molar-refractivity contribution < 1.29 is 18.7 Å². The number of ketones is 1. The maximum absolute atomic E-state index is 12.2. The lowest BCUT2D eigenvalue weighted by molar-refractivity contribution is 0.0598. The summed E-state index contributed by atoms with van der Waals surface area (Å²) in [7, 11) is 0. The van der Waals surface area contributed by atoms with Gasteiger partial charge in [-0.05, 0) is 26.0 Å². The first kappa shape index (κ1) is 12.4.